The summed E-state index contributed by atoms with van der Waals surface area (Å²) in [5.74, 6) is 0.851. The summed E-state index contributed by atoms with van der Waals surface area (Å²) in [6.07, 6.45) is -0.326. The number of hydrogen-bond acceptors (Lipinski definition) is 4. The zero-order chi connectivity index (χ0) is 37.5. The Morgan fingerprint density at radius 1 is 0.421 bits per heavy atom. The molecule has 2 unspecified atom stereocenters. The number of nitrogens with one attached hydrogen (secondary N) is 2. The van der Waals surface area contributed by atoms with E-state index in [4.69, 9.17) is 9.41 Å². The number of aliphatic imine (C=N–C) groups is 1. The monoisotopic (exact) mass is 733 g/mol. The molecule has 0 spiro atoms. The quantitative estimate of drug-likeness (QED) is 0.185. The Bertz CT molecular complexity index is 3360. The van der Waals surface area contributed by atoms with Crippen LogP contribution in [-0.2, 0) is 0 Å². The Labute approximate surface area is 327 Å². The highest BCUT2D eigenvalue weighted by Crippen LogP contribution is 2.42. The third-order valence-corrected chi connectivity index (χ3v) is 11.6. The first-order valence-electron chi connectivity index (χ1n) is 19.4. The minimum Gasteiger partial charge on any atom is -0.456 e. The lowest BCUT2D eigenvalue weighted by Crippen LogP contribution is -2.44. The number of amidine groups is 1. The van der Waals surface area contributed by atoms with Crippen LogP contribution in [0.5, 0.6) is 0 Å². The van der Waals surface area contributed by atoms with Gasteiger partial charge >= 0.3 is 0 Å². The molecule has 6 heteroatoms. The van der Waals surface area contributed by atoms with Gasteiger partial charge < -0.3 is 18.9 Å². The summed E-state index contributed by atoms with van der Waals surface area (Å²) in [5.41, 5.74) is 11.8. The predicted octanol–water partition coefficient (Wildman–Crippen LogP) is 12.1. The van der Waals surface area contributed by atoms with E-state index in [0.717, 1.165) is 77.9 Å². The smallest absolute Gasteiger partial charge is 0.137 e. The summed E-state index contributed by atoms with van der Waals surface area (Å²) in [4.78, 5) is 5.27. The summed E-state index contributed by atoms with van der Waals surface area (Å²) in [5, 5.41) is 14.5. The number of para-hydroxylation sites is 3. The average Bonchev–Trinajstić information content (AvgIpc) is 3.92. The van der Waals surface area contributed by atoms with Gasteiger partial charge in [-0.1, -0.05) is 127 Å². The topological polar surface area (TPSA) is 59.4 Å². The van der Waals surface area contributed by atoms with Crippen molar-refractivity contribution < 1.29 is 4.42 Å². The van der Waals surface area contributed by atoms with Gasteiger partial charge in [0.15, 0.2) is 0 Å². The van der Waals surface area contributed by atoms with Crippen LogP contribution in [0.1, 0.15) is 29.0 Å². The van der Waals surface area contributed by atoms with Crippen LogP contribution < -0.4 is 10.6 Å². The molecule has 270 valence electrons. The number of furan rings is 1. The minimum atomic E-state index is -0.210. The molecule has 0 amide bonds. The SMILES string of the molecule is c1ccc(C2N=C(c3cccc(-n4c5ccccc5c5cc6c(cc54)c4cc5c(cc4n6-c4ccccc4)oc4ccccc45)c3)NC(c3ccccc3)N2)cc1. The van der Waals surface area contributed by atoms with Gasteiger partial charge in [0, 0.05) is 55.3 Å². The van der Waals surface area contributed by atoms with Crippen molar-refractivity contribution in [2.24, 2.45) is 4.99 Å². The molecule has 0 fully saturated rings. The van der Waals surface area contributed by atoms with Crippen LogP contribution >= 0.6 is 0 Å². The fourth-order valence-electron chi connectivity index (χ4n) is 8.95. The van der Waals surface area contributed by atoms with Gasteiger partial charge in [0.2, 0.25) is 0 Å². The molecule has 3 aromatic heterocycles. The molecule has 6 nitrogen and oxygen atoms in total. The van der Waals surface area contributed by atoms with Gasteiger partial charge in [-0.2, -0.15) is 0 Å². The molecule has 1 aliphatic heterocycles. The highest BCUT2D eigenvalue weighted by molar-refractivity contribution is 6.22. The fraction of sp³-hybridized carbons (Fsp3) is 0.0392. The maximum Gasteiger partial charge on any atom is 0.137 e. The normalized spacial score (nSPS) is 15.9. The molecule has 12 rings (SSSR count). The van der Waals surface area contributed by atoms with Crippen LogP contribution in [0.4, 0.5) is 0 Å². The standard InChI is InChI=1S/C51H35N5O/c1-4-15-32(16-5-1)49-52-50(33-17-6-2-7-18-33)54-51(53-49)34-19-14-22-36(27-34)56-43-25-12-10-23-37(43)40-29-45-41(30-44(40)56)39-28-42-38-24-11-13-26-47(38)57-48(42)31-46(39)55(45)35-20-8-3-9-21-35/h1-31,49-50,52H,(H,53,54). The van der Waals surface area contributed by atoms with Gasteiger partial charge in [-0.25, -0.2) is 4.99 Å². The summed E-state index contributed by atoms with van der Waals surface area (Å²) in [7, 11) is 0. The van der Waals surface area contributed by atoms with Crippen LogP contribution in [0.3, 0.4) is 0 Å². The van der Waals surface area contributed by atoms with E-state index >= 15 is 0 Å². The van der Waals surface area contributed by atoms with Gasteiger partial charge in [0.25, 0.3) is 0 Å². The molecule has 11 aromatic rings. The van der Waals surface area contributed by atoms with Gasteiger partial charge in [-0.05, 0) is 65.7 Å². The zero-order valence-corrected chi connectivity index (χ0v) is 30.8. The lowest BCUT2D eigenvalue weighted by atomic mass is 10.1. The van der Waals surface area contributed by atoms with E-state index in [1.807, 2.05) is 18.2 Å². The van der Waals surface area contributed by atoms with Crippen molar-refractivity contribution in [2.75, 3.05) is 0 Å². The Kier molecular flexibility index (Phi) is 7.03. The molecule has 1 aliphatic rings. The summed E-state index contributed by atoms with van der Waals surface area (Å²) >= 11 is 0. The van der Waals surface area contributed by atoms with Crippen molar-refractivity contribution in [1.82, 2.24) is 19.8 Å². The van der Waals surface area contributed by atoms with Crippen molar-refractivity contribution in [3.8, 4) is 11.4 Å². The van der Waals surface area contributed by atoms with Crippen LogP contribution in [-0.4, -0.2) is 15.0 Å². The van der Waals surface area contributed by atoms with E-state index in [9.17, 15) is 0 Å². The first-order chi connectivity index (χ1) is 28.2. The number of benzene rings is 8. The fourth-order valence-corrected chi connectivity index (χ4v) is 8.95. The Hall–Kier alpha value is -7.41. The Morgan fingerprint density at radius 3 is 1.81 bits per heavy atom. The number of nitrogens with zero attached hydrogens (tertiary/aromatic N) is 3. The third kappa shape index (κ3) is 5.04. The van der Waals surface area contributed by atoms with E-state index in [0.29, 0.717) is 0 Å². The number of aromatic nitrogens is 2. The Balaban J connectivity index is 1.09. The van der Waals surface area contributed by atoms with Gasteiger partial charge in [0.1, 0.15) is 29.3 Å². The number of hydrogen-bond donors (Lipinski definition) is 2. The number of fused-ring (bicyclic) bond motifs is 9. The second kappa shape index (κ2) is 12.6. The maximum atomic E-state index is 6.43. The largest absolute Gasteiger partial charge is 0.456 e. The van der Waals surface area contributed by atoms with Crippen LogP contribution in [0, 0.1) is 0 Å². The molecule has 0 saturated heterocycles. The zero-order valence-electron chi connectivity index (χ0n) is 30.8. The second-order valence-corrected chi connectivity index (χ2v) is 14.9. The first kappa shape index (κ1) is 31.9. The molecular formula is C51H35N5O. The maximum absolute atomic E-state index is 6.43. The molecule has 8 aromatic carbocycles. The second-order valence-electron chi connectivity index (χ2n) is 14.9. The predicted molar refractivity (Wildman–Crippen MR) is 234 cm³/mol. The van der Waals surface area contributed by atoms with Crippen LogP contribution in [0.15, 0.2) is 197 Å². The molecule has 2 atom stereocenters. The first-order valence-corrected chi connectivity index (χ1v) is 19.4. The summed E-state index contributed by atoms with van der Waals surface area (Å²) in [6.45, 7) is 0. The highest BCUT2D eigenvalue weighted by atomic mass is 16.3. The molecule has 0 bridgehead atoms. The average molecular weight is 734 g/mol. The van der Waals surface area contributed by atoms with Crippen molar-refractivity contribution in [2.45, 2.75) is 12.3 Å². The lowest BCUT2D eigenvalue weighted by Gasteiger charge is -2.32. The molecule has 0 aliphatic carbocycles. The highest BCUT2D eigenvalue weighted by Gasteiger charge is 2.26. The summed E-state index contributed by atoms with van der Waals surface area (Å²) in [6, 6.07) is 66.8. The van der Waals surface area contributed by atoms with Crippen molar-refractivity contribution in [3.05, 3.63) is 205 Å². The van der Waals surface area contributed by atoms with Crippen molar-refractivity contribution in [3.63, 3.8) is 0 Å². The number of rotatable bonds is 5. The van der Waals surface area contributed by atoms with E-state index in [1.165, 1.54) is 21.5 Å². The summed E-state index contributed by atoms with van der Waals surface area (Å²) < 4.78 is 11.2. The van der Waals surface area contributed by atoms with Crippen molar-refractivity contribution >= 4 is 71.4 Å². The molecule has 0 radical (unpaired) electrons. The third-order valence-electron chi connectivity index (χ3n) is 11.6. The minimum absolute atomic E-state index is 0.116. The van der Waals surface area contributed by atoms with E-state index in [-0.39, 0.29) is 12.3 Å². The van der Waals surface area contributed by atoms with Crippen LogP contribution in [0.2, 0.25) is 0 Å². The van der Waals surface area contributed by atoms with E-state index in [1.54, 1.807) is 0 Å². The van der Waals surface area contributed by atoms with Gasteiger partial charge in [-0.3, -0.25) is 5.32 Å². The van der Waals surface area contributed by atoms with Crippen LogP contribution in [0.25, 0.3) is 76.9 Å². The molecule has 0 saturated carbocycles. The Morgan fingerprint density at radius 2 is 1.02 bits per heavy atom. The molecule has 2 N–H and O–H groups in total. The van der Waals surface area contributed by atoms with Crippen molar-refractivity contribution in [1.29, 1.82) is 0 Å². The van der Waals surface area contributed by atoms with E-state index < -0.39 is 0 Å². The van der Waals surface area contributed by atoms with E-state index in [2.05, 4.69) is 190 Å². The van der Waals surface area contributed by atoms with Gasteiger partial charge in [-0.15, -0.1) is 0 Å². The molecule has 57 heavy (non-hydrogen) atoms. The molecule has 4 heterocycles. The van der Waals surface area contributed by atoms with Gasteiger partial charge in [0.05, 0.1) is 22.1 Å². The lowest BCUT2D eigenvalue weighted by molar-refractivity contribution is 0.409. The molecular weight excluding hydrogens is 699 g/mol.